The van der Waals surface area contributed by atoms with Gasteiger partial charge in [-0.05, 0) is 46.3 Å². The zero-order valence-electron chi connectivity index (χ0n) is 10.7. The minimum absolute atomic E-state index is 0.196. The fourth-order valence-electron chi connectivity index (χ4n) is 2.30. The van der Waals surface area contributed by atoms with Crippen LogP contribution in [0.15, 0.2) is 42.9 Å². The monoisotopic (exact) mass is 283 g/mol. The van der Waals surface area contributed by atoms with Gasteiger partial charge < -0.3 is 10.3 Å². The Morgan fingerprint density at radius 2 is 2.05 bits per heavy atom. The minimum Gasteiger partial charge on any atom is -0.346 e. The molecule has 0 radical (unpaired) electrons. The Balaban J connectivity index is 1.80. The Morgan fingerprint density at radius 1 is 1.19 bits per heavy atom. The molecule has 2 aromatic heterocycles. The predicted molar refractivity (Wildman–Crippen MR) is 72.5 cm³/mol. The molecule has 21 heavy (non-hydrogen) atoms. The van der Waals surface area contributed by atoms with Crippen molar-refractivity contribution in [3.8, 4) is 0 Å². The second-order valence-electron chi connectivity index (χ2n) is 4.61. The molecule has 1 unspecified atom stereocenters. The highest BCUT2D eigenvalue weighted by atomic mass is 19.1. The number of hydrogen-bond donors (Lipinski definition) is 2. The molecule has 7 nitrogen and oxygen atoms in total. The number of allylic oxidation sites excluding steroid dienone is 1. The first-order valence-corrected chi connectivity index (χ1v) is 6.32. The number of H-pyrrole nitrogens is 1. The third-order valence-electron chi connectivity index (χ3n) is 3.32. The van der Waals surface area contributed by atoms with E-state index in [9.17, 15) is 4.39 Å². The minimum atomic E-state index is -0.273. The van der Waals surface area contributed by atoms with Crippen LogP contribution in [0.3, 0.4) is 0 Å². The zero-order chi connectivity index (χ0) is 14.2. The van der Waals surface area contributed by atoms with Crippen LogP contribution in [0.2, 0.25) is 0 Å². The van der Waals surface area contributed by atoms with Crippen LogP contribution in [-0.2, 0) is 0 Å². The highest BCUT2D eigenvalue weighted by Crippen LogP contribution is 2.30. The second-order valence-corrected chi connectivity index (χ2v) is 4.61. The lowest BCUT2D eigenvalue weighted by molar-refractivity contribution is 0.576. The second kappa shape index (κ2) is 4.51. The molecule has 0 amide bonds. The molecule has 1 aromatic carbocycles. The SMILES string of the molecule is Fc1ccc(C2=CC(c3cnc[nH]3)n3nnnc3N2)cc1. The summed E-state index contributed by atoms with van der Waals surface area (Å²) in [6.07, 6.45) is 5.29. The summed E-state index contributed by atoms with van der Waals surface area (Å²) in [5.41, 5.74) is 2.54. The fraction of sp³-hybridized carbons (Fsp3) is 0.0769. The van der Waals surface area contributed by atoms with Crippen LogP contribution in [0.25, 0.3) is 5.70 Å². The number of imidazole rings is 1. The molecule has 1 atom stereocenters. The van der Waals surface area contributed by atoms with E-state index < -0.39 is 0 Å². The van der Waals surface area contributed by atoms with Gasteiger partial charge in [0.05, 0.1) is 18.2 Å². The van der Waals surface area contributed by atoms with Gasteiger partial charge in [-0.1, -0.05) is 5.10 Å². The molecule has 3 aromatic rings. The van der Waals surface area contributed by atoms with Crippen LogP contribution in [0.1, 0.15) is 17.3 Å². The first-order chi connectivity index (χ1) is 10.3. The van der Waals surface area contributed by atoms with Crippen molar-refractivity contribution in [2.24, 2.45) is 0 Å². The smallest absolute Gasteiger partial charge is 0.248 e. The molecule has 1 aliphatic rings. The molecule has 1 aliphatic heterocycles. The van der Waals surface area contributed by atoms with Crippen molar-refractivity contribution >= 4 is 11.6 Å². The Morgan fingerprint density at radius 3 is 2.81 bits per heavy atom. The number of fused-ring (bicyclic) bond motifs is 1. The maximum absolute atomic E-state index is 13.1. The number of benzene rings is 1. The molecule has 0 saturated carbocycles. The lowest BCUT2D eigenvalue weighted by Gasteiger charge is -2.22. The Kier molecular flexibility index (Phi) is 2.53. The van der Waals surface area contributed by atoms with Crippen molar-refractivity contribution < 1.29 is 4.39 Å². The van der Waals surface area contributed by atoms with E-state index in [1.54, 1.807) is 29.3 Å². The molecule has 8 heteroatoms. The topological polar surface area (TPSA) is 84.3 Å². The standard InChI is InChI=1S/C13H10FN7/c14-9-3-1-8(2-4-9)10-5-12(11-6-15-7-16-11)21-13(17-10)18-19-20-21/h1-7,12H,(H,15,16)(H,17,18,20). The van der Waals surface area contributed by atoms with Gasteiger partial charge >= 0.3 is 0 Å². The Labute approximate surface area is 118 Å². The van der Waals surface area contributed by atoms with E-state index in [0.717, 1.165) is 17.0 Å². The summed E-state index contributed by atoms with van der Waals surface area (Å²) < 4.78 is 14.7. The van der Waals surface area contributed by atoms with Crippen molar-refractivity contribution in [3.05, 3.63) is 59.9 Å². The first-order valence-electron chi connectivity index (χ1n) is 6.32. The maximum atomic E-state index is 13.1. The lowest BCUT2D eigenvalue weighted by atomic mass is 10.1. The average molecular weight is 283 g/mol. The summed E-state index contributed by atoms with van der Waals surface area (Å²) >= 11 is 0. The summed E-state index contributed by atoms with van der Waals surface area (Å²) in [5, 5.41) is 14.7. The van der Waals surface area contributed by atoms with E-state index in [4.69, 9.17) is 0 Å². The van der Waals surface area contributed by atoms with Crippen molar-refractivity contribution in [1.29, 1.82) is 0 Å². The number of nitrogens with one attached hydrogen (secondary N) is 2. The molecule has 0 bridgehead atoms. The first kappa shape index (κ1) is 11.8. The van der Waals surface area contributed by atoms with E-state index in [-0.39, 0.29) is 11.9 Å². The number of halogens is 1. The van der Waals surface area contributed by atoms with Crippen LogP contribution in [-0.4, -0.2) is 30.2 Å². The number of nitrogens with zero attached hydrogens (tertiary/aromatic N) is 5. The average Bonchev–Trinajstić information content (AvgIpc) is 3.18. The Bertz CT molecular complexity index is 788. The quantitative estimate of drug-likeness (QED) is 0.746. The van der Waals surface area contributed by atoms with Gasteiger partial charge in [-0.15, -0.1) is 0 Å². The molecular weight excluding hydrogens is 273 g/mol. The number of anilines is 1. The van der Waals surface area contributed by atoms with Crippen LogP contribution >= 0.6 is 0 Å². The van der Waals surface area contributed by atoms with Gasteiger partial charge in [-0.3, -0.25) is 0 Å². The molecule has 3 heterocycles. The van der Waals surface area contributed by atoms with Crippen LogP contribution < -0.4 is 5.32 Å². The molecule has 0 fully saturated rings. The van der Waals surface area contributed by atoms with Gasteiger partial charge in [0.1, 0.15) is 11.9 Å². The molecule has 0 aliphatic carbocycles. The summed E-state index contributed by atoms with van der Waals surface area (Å²) in [6, 6.07) is 6.05. The predicted octanol–water partition coefficient (Wildman–Crippen LogP) is 1.59. The lowest BCUT2D eigenvalue weighted by Crippen LogP contribution is -2.20. The van der Waals surface area contributed by atoms with Crippen molar-refractivity contribution in [1.82, 2.24) is 30.2 Å². The fourth-order valence-corrected chi connectivity index (χ4v) is 2.30. The van der Waals surface area contributed by atoms with E-state index in [1.807, 2.05) is 6.08 Å². The number of aromatic amines is 1. The zero-order valence-corrected chi connectivity index (χ0v) is 10.7. The Hall–Kier alpha value is -3.03. The van der Waals surface area contributed by atoms with Crippen LogP contribution in [0.4, 0.5) is 10.3 Å². The molecule has 0 saturated heterocycles. The normalized spacial score (nSPS) is 17.0. The van der Waals surface area contributed by atoms with Gasteiger partial charge in [0.25, 0.3) is 0 Å². The summed E-state index contributed by atoms with van der Waals surface area (Å²) in [7, 11) is 0. The van der Waals surface area contributed by atoms with Crippen LogP contribution in [0.5, 0.6) is 0 Å². The summed E-state index contributed by atoms with van der Waals surface area (Å²) in [4.78, 5) is 7.09. The number of hydrogen-bond acceptors (Lipinski definition) is 5. The van der Waals surface area contributed by atoms with Gasteiger partial charge in [0.15, 0.2) is 0 Å². The molecule has 4 rings (SSSR count). The van der Waals surface area contributed by atoms with Gasteiger partial charge in [0.2, 0.25) is 5.95 Å². The van der Waals surface area contributed by atoms with E-state index in [2.05, 4.69) is 30.8 Å². The largest absolute Gasteiger partial charge is 0.346 e. The van der Waals surface area contributed by atoms with Gasteiger partial charge in [-0.2, -0.15) is 4.68 Å². The van der Waals surface area contributed by atoms with E-state index in [0.29, 0.717) is 5.95 Å². The number of aromatic nitrogens is 6. The molecule has 104 valence electrons. The maximum Gasteiger partial charge on any atom is 0.248 e. The molecular formula is C13H10FN7. The summed E-state index contributed by atoms with van der Waals surface area (Å²) in [5.74, 6) is 0.251. The number of tetrazole rings is 1. The number of rotatable bonds is 2. The van der Waals surface area contributed by atoms with Crippen molar-refractivity contribution in [2.45, 2.75) is 6.04 Å². The van der Waals surface area contributed by atoms with Crippen molar-refractivity contribution in [3.63, 3.8) is 0 Å². The summed E-state index contributed by atoms with van der Waals surface area (Å²) in [6.45, 7) is 0. The van der Waals surface area contributed by atoms with Crippen LogP contribution in [0, 0.1) is 5.82 Å². The third kappa shape index (κ3) is 1.97. The molecule has 2 N–H and O–H groups in total. The van der Waals surface area contributed by atoms with Gasteiger partial charge in [-0.25, -0.2) is 9.37 Å². The third-order valence-corrected chi connectivity index (χ3v) is 3.32. The highest BCUT2D eigenvalue weighted by molar-refractivity contribution is 5.76. The van der Waals surface area contributed by atoms with Crippen molar-refractivity contribution in [2.75, 3.05) is 5.32 Å². The van der Waals surface area contributed by atoms with Gasteiger partial charge in [0, 0.05) is 5.70 Å². The molecule has 0 spiro atoms. The van der Waals surface area contributed by atoms with E-state index in [1.165, 1.54) is 12.1 Å². The highest BCUT2D eigenvalue weighted by Gasteiger charge is 2.25. The van der Waals surface area contributed by atoms with E-state index >= 15 is 0 Å².